The van der Waals surface area contributed by atoms with Crippen molar-refractivity contribution in [2.75, 3.05) is 19.8 Å². The lowest BCUT2D eigenvalue weighted by molar-refractivity contribution is -0.142. The van der Waals surface area contributed by atoms with Crippen molar-refractivity contribution in [3.05, 3.63) is 58.7 Å². The molecule has 1 N–H and O–H groups in total. The van der Waals surface area contributed by atoms with Crippen molar-refractivity contribution >= 4 is 5.97 Å². The zero-order valence-electron chi connectivity index (χ0n) is 17.8. The summed E-state index contributed by atoms with van der Waals surface area (Å²) >= 11 is 0. The first-order valence-corrected chi connectivity index (χ1v) is 10.4. The molecule has 2 atom stereocenters. The van der Waals surface area contributed by atoms with Crippen molar-refractivity contribution in [2.24, 2.45) is 0 Å². The molecule has 0 radical (unpaired) electrons. The smallest absolute Gasteiger partial charge is 0.320 e. The predicted molar refractivity (Wildman–Crippen MR) is 114 cm³/mol. The van der Waals surface area contributed by atoms with Crippen LogP contribution in [0.4, 0.5) is 0 Å². The van der Waals surface area contributed by atoms with E-state index in [1.54, 1.807) is 0 Å². The van der Waals surface area contributed by atoms with Gasteiger partial charge in [0.1, 0.15) is 6.04 Å². The maximum atomic E-state index is 11.9. The highest BCUT2D eigenvalue weighted by molar-refractivity contribution is 5.74. The molecule has 1 aliphatic rings. The van der Waals surface area contributed by atoms with Gasteiger partial charge in [0.05, 0.1) is 19.3 Å². The number of likely N-dealkylation sites (tertiary alicyclic amines) is 1. The Bertz CT molecular complexity index is 844. The third-order valence-electron chi connectivity index (χ3n) is 5.35. The molecule has 29 heavy (non-hydrogen) atoms. The van der Waals surface area contributed by atoms with Gasteiger partial charge in [0.2, 0.25) is 0 Å². The molecule has 2 unspecified atom stereocenters. The van der Waals surface area contributed by atoms with E-state index in [1.807, 2.05) is 32.0 Å². The van der Waals surface area contributed by atoms with Gasteiger partial charge in [-0.15, -0.1) is 0 Å². The van der Waals surface area contributed by atoms with Crippen LogP contribution in [-0.4, -0.2) is 41.8 Å². The Morgan fingerprint density at radius 2 is 1.69 bits per heavy atom. The van der Waals surface area contributed by atoms with E-state index in [9.17, 15) is 9.90 Å². The molecule has 0 aromatic heterocycles. The van der Waals surface area contributed by atoms with Crippen molar-refractivity contribution < 1.29 is 19.4 Å². The minimum Gasteiger partial charge on any atom is -0.490 e. The monoisotopic (exact) mass is 397 g/mol. The molecule has 1 aliphatic heterocycles. The van der Waals surface area contributed by atoms with Crippen LogP contribution in [0.1, 0.15) is 55.0 Å². The second-order valence-electron chi connectivity index (χ2n) is 7.63. The van der Waals surface area contributed by atoms with Gasteiger partial charge in [-0.2, -0.15) is 0 Å². The lowest BCUT2D eigenvalue weighted by Crippen LogP contribution is -2.39. The highest BCUT2D eigenvalue weighted by atomic mass is 16.5. The molecular weight excluding hydrogens is 366 g/mol. The summed E-state index contributed by atoms with van der Waals surface area (Å²) in [6, 6.07) is 11.8. The van der Waals surface area contributed by atoms with Crippen molar-refractivity contribution in [2.45, 2.75) is 52.6 Å². The Morgan fingerprint density at radius 3 is 2.31 bits per heavy atom. The van der Waals surface area contributed by atoms with Crippen LogP contribution in [0, 0.1) is 13.8 Å². The maximum Gasteiger partial charge on any atom is 0.320 e. The normalized spacial score (nSPS) is 17.9. The number of benzene rings is 2. The van der Waals surface area contributed by atoms with Crippen LogP contribution in [-0.2, 0) is 4.79 Å². The standard InChI is InChI=1S/C24H31NO4/c1-5-28-21-10-9-18(15-22(21)29-6-2)23(19-13-16(3)12-17(4)14-19)25-11-7-8-20(25)24(26)27/h9-10,12-15,20,23H,5-8,11H2,1-4H3,(H,26,27). The average Bonchev–Trinajstić information content (AvgIpc) is 3.13. The highest BCUT2D eigenvalue weighted by Crippen LogP contribution is 2.39. The molecule has 1 saturated heterocycles. The highest BCUT2D eigenvalue weighted by Gasteiger charge is 2.37. The number of carbonyl (C=O) groups is 1. The summed E-state index contributed by atoms with van der Waals surface area (Å²) < 4.78 is 11.6. The van der Waals surface area contributed by atoms with Gasteiger partial charge in [0.15, 0.2) is 11.5 Å². The van der Waals surface area contributed by atoms with Crippen LogP contribution in [0.25, 0.3) is 0 Å². The number of aliphatic carboxylic acids is 1. The van der Waals surface area contributed by atoms with Gasteiger partial charge in [0, 0.05) is 6.54 Å². The Kier molecular flexibility index (Phi) is 6.80. The van der Waals surface area contributed by atoms with Crippen LogP contribution < -0.4 is 9.47 Å². The number of ether oxygens (including phenoxy) is 2. The quantitative estimate of drug-likeness (QED) is 0.697. The lowest BCUT2D eigenvalue weighted by atomic mass is 9.93. The van der Waals surface area contributed by atoms with Crippen LogP contribution >= 0.6 is 0 Å². The number of hydrogen-bond acceptors (Lipinski definition) is 4. The average molecular weight is 398 g/mol. The van der Waals surface area contributed by atoms with Crippen LogP contribution in [0.5, 0.6) is 11.5 Å². The Balaban J connectivity index is 2.12. The fourth-order valence-electron chi connectivity index (χ4n) is 4.34. The molecule has 5 heteroatoms. The van der Waals surface area contributed by atoms with Crippen molar-refractivity contribution in [3.8, 4) is 11.5 Å². The molecule has 0 amide bonds. The predicted octanol–water partition coefficient (Wildman–Crippen LogP) is 4.74. The van der Waals surface area contributed by atoms with Crippen LogP contribution in [0.3, 0.4) is 0 Å². The summed E-state index contributed by atoms with van der Waals surface area (Å²) in [5, 5.41) is 9.80. The van der Waals surface area contributed by atoms with E-state index in [4.69, 9.17) is 9.47 Å². The second kappa shape index (κ2) is 9.31. The summed E-state index contributed by atoms with van der Waals surface area (Å²) in [4.78, 5) is 14.0. The van der Waals surface area contributed by atoms with Crippen molar-refractivity contribution in [1.29, 1.82) is 0 Å². The molecule has 2 aromatic rings. The molecule has 2 aromatic carbocycles. The third kappa shape index (κ3) is 4.73. The first-order chi connectivity index (χ1) is 13.9. The SMILES string of the molecule is CCOc1ccc(C(c2cc(C)cc(C)c2)N2CCCC2C(=O)O)cc1OCC. The van der Waals surface area contributed by atoms with Gasteiger partial charge < -0.3 is 14.6 Å². The van der Waals surface area contributed by atoms with E-state index in [2.05, 4.69) is 36.9 Å². The fourth-order valence-corrected chi connectivity index (χ4v) is 4.34. The summed E-state index contributed by atoms with van der Waals surface area (Å²) in [7, 11) is 0. The summed E-state index contributed by atoms with van der Waals surface area (Å²) in [5.41, 5.74) is 4.48. The van der Waals surface area contributed by atoms with E-state index in [1.165, 1.54) is 11.1 Å². The van der Waals surface area contributed by atoms with E-state index in [0.29, 0.717) is 31.1 Å². The zero-order chi connectivity index (χ0) is 21.0. The minimum atomic E-state index is -0.757. The molecule has 0 aliphatic carbocycles. The topological polar surface area (TPSA) is 59.0 Å². The lowest BCUT2D eigenvalue weighted by Gasteiger charge is -2.33. The van der Waals surface area contributed by atoms with Gasteiger partial charge in [-0.3, -0.25) is 9.69 Å². The zero-order valence-corrected chi connectivity index (χ0v) is 17.8. The Labute approximate surface area is 173 Å². The minimum absolute atomic E-state index is 0.146. The van der Waals surface area contributed by atoms with Crippen LogP contribution in [0.15, 0.2) is 36.4 Å². The molecular formula is C24H31NO4. The number of carboxylic acid groups (broad SMARTS) is 1. The van der Waals surface area contributed by atoms with Gasteiger partial charge in [-0.05, 0) is 63.8 Å². The molecule has 5 nitrogen and oxygen atoms in total. The molecule has 0 spiro atoms. The van der Waals surface area contributed by atoms with E-state index >= 15 is 0 Å². The number of rotatable bonds is 8. The van der Waals surface area contributed by atoms with Gasteiger partial charge in [-0.25, -0.2) is 0 Å². The van der Waals surface area contributed by atoms with E-state index in [0.717, 1.165) is 24.1 Å². The third-order valence-corrected chi connectivity index (χ3v) is 5.35. The number of hydrogen-bond donors (Lipinski definition) is 1. The Hall–Kier alpha value is -2.53. The number of aryl methyl sites for hydroxylation is 2. The maximum absolute atomic E-state index is 11.9. The molecule has 0 saturated carbocycles. The molecule has 1 fully saturated rings. The van der Waals surface area contributed by atoms with E-state index < -0.39 is 12.0 Å². The Morgan fingerprint density at radius 1 is 1.03 bits per heavy atom. The van der Waals surface area contributed by atoms with Gasteiger partial charge in [-0.1, -0.05) is 35.4 Å². The second-order valence-corrected chi connectivity index (χ2v) is 7.63. The van der Waals surface area contributed by atoms with Gasteiger partial charge in [0.25, 0.3) is 0 Å². The van der Waals surface area contributed by atoms with Crippen molar-refractivity contribution in [3.63, 3.8) is 0 Å². The molecule has 1 heterocycles. The van der Waals surface area contributed by atoms with Crippen LogP contribution in [0.2, 0.25) is 0 Å². The largest absolute Gasteiger partial charge is 0.490 e. The van der Waals surface area contributed by atoms with E-state index in [-0.39, 0.29) is 6.04 Å². The number of nitrogens with zero attached hydrogens (tertiary/aromatic N) is 1. The molecule has 3 rings (SSSR count). The van der Waals surface area contributed by atoms with Gasteiger partial charge >= 0.3 is 5.97 Å². The summed E-state index contributed by atoms with van der Waals surface area (Å²) in [6.45, 7) is 9.92. The summed E-state index contributed by atoms with van der Waals surface area (Å²) in [5.74, 6) is 0.661. The molecule has 156 valence electrons. The number of carboxylic acids is 1. The first kappa shape index (κ1) is 21.2. The first-order valence-electron chi connectivity index (χ1n) is 10.4. The van der Waals surface area contributed by atoms with Crippen molar-refractivity contribution in [1.82, 2.24) is 4.90 Å². The fraction of sp³-hybridized carbons (Fsp3) is 0.458. The molecule has 0 bridgehead atoms. The summed E-state index contributed by atoms with van der Waals surface area (Å²) in [6.07, 6.45) is 1.56.